The van der Waals surface area contributed by atoms with E-state index in [0.29, 0.717) is 19.0 Å². The molecule has 0 unspecified atom stereocenters. The normalized spacial score (nSPS) is 10.3. The summed E-state index contributed by atoms with van der Waals surface area (Å²) < 4.78 is 6.52. The molecule has 19 heavy (non-hydrogen) atoms. The third-order valence-electron chi connectivity index (χ3n) is 2.67. The molecule has 2 aromatic rings. The molecule has 0 aliphatic heterocycles. The van der Waals surface area contributed by atoms with Gasteiger partial charge in [0.15, 0.2) is 0 Å². The fraction of sp³-hybridized carbons (Fsp3) is 0.286. The smallest absolute Gasteiger partial charge is 0.221 e. The van der Waals surface area contributed by atoms with E-state index in [1.165, 1.54) is 11.9 Å². The van der Waals surface area contributed by atoms with E-state index in [-0.39, 0.29) is 0 Å². The van der Waals surface area contributed by atoms with Crippen molar-refractivity contribution in [3.05, 3.63) is 46.2 Å². The number of halogens is 1. The van der Waals surface area contributed by atoms with Gasteiger partial charge in [0.1, 0.15) is 12.1 Å². The van der Waals surface area contributed by atoms with Gasteiger partial charge in [0, 0.05) is 11.0 Å². The Bertz CT molecular complexity index is 560. The number of hydrogen-bond acceptors (Lipinski definition) is 4. The van der Waals surface area contributed by atoms with Crippen LogP contribution in [0.25, 0.3) is 0 Å². The zero-order chi connectivity index (χ0) is 13.7. The minimum atomic E-state index is 0.600. The van der Waals surface area contributed by atoms with Crippen molar-refractivity contribution >= 4 is 21.7 Å². The average Bonchev–Trinajstić information content (AvgIpc) is 2.40. The summed E-state index contributed by atoms with van der Waals surface area (Å²) in [7, 11) is 0. The molecule has 0 amide bonds. The molecular formula is C14H16BrN3O. The Morgan fingerprint density at radius 1 is 1.32 bits per heavy atom. The fourth-order valence-electron chi connectivity index (χ4n) is 1.73. The van der Waals surface area contributed by atoms with Crippen LogP contribution >= 0.6 is 15.9 Å². The Morgan fingerprint density at radius 3 is 2.89 bits per heavy atom. The summed E-state index contributed by atoms with van der Waals surface area (Å²) in [5.41, 5.74) is 2.12. The quantitative estimate of drug-likeness (QED) is 0.914. The maximum atomic E-state index is 5.45. The van der Waals surface area contributed by atoms with Crippen molar-refractivity contribution in [3.63, 3.8) is 0 Å². The molecule has 0 radical (unpaired) electrons. The van der Waals surface area contributed by atoms with E-state index in [1.807, 2.05) is 26.0 Å². The van der Waals surface area contributed by atoms with Crippen molar-refractivity contribution in [1.82, 2.24) is 9.97 Å². The first-order valence-electron chi connectivity index (χ1n) is 6.13. The highest BCUT2D eigenvalue weighted by Crippen LogP contribution is 2.21. The molecule has 0 saturated heterocycles. The largest absolute Gasteiger partial charge is 0.478 e. The lowest BCUT2D eigenvalue weighted by molar-refractivity contribution is 0.324. The number of hydrogen-bond donors (Lipinski definition) is 1. The third kappa shape index (κ3) is 3.67. The molecule has 1 N–H and O–H groups in total. The van der Waals surface area contributed by atoms with Gasteiger partial charge in [-0.05, 0) is 31.5 Å². The molecule has 0 atom stereocenters. The van der Waals surface area contributed by atoms with Crippen molar-refractivity contribution in [2.45, 2.75) is 20.4 Å². The molecule has 1 aromatic heterocycles. The van der Waals surface area contributed by atoms with Gasteiger partial charge in [-0.2, -0.15) is 0 Å². The first-order valence-corrected chi connectivity index (χ1v) is 6.92. The Hall–Kier alpha value is -1.62. The lowest BCUT2D eigenvalue weighted by atomic mass is 10.2. The van der Waals surface area contributed by atoms with Crippen molar-refractivity contribution in [1.29, 1.82) is 0 Å². The maximum Gasteiger partial charge on any atom is 0.221 e. The molecule has 2 rings (SSSR count). The molecule has 0 fully saturated rings. The van der Waals surface area contributed by atoms with Gasteiger partial charge in [0.05, 0.1) is 12.2 Å². The van der Waals surface area contributed by atoms with E-state index in [9.17, 15) is 0 Å². The molecular weight excluding hydrogens is 306 g/mol. The summed E-state index contributed by atoms with van der Waals surface area (Å²) >= 11 is 3.46. The summed E-state index contributed by atoms with van der Waals surface area (Å²) in [4.78, 5) is 8.36. The Labute approximate surface area is 121 Å². The zero-order valence-electron chi connectivity index (χ0n) is 11.0. The van der Waals surface area contributed by atoms with Crippen molar-refractivity contribution in [2.24, 2.45) is 0 Å². The van der Waals surface area contributed by atoms with E-state index in [0.717, 1.165) is 15.9 Å². The molecule has 100 valence electrons. The Morgan fingerprint density at radius 2 is 2.16 bits per heavy atom. The van der Waals surface area contributed by atoms with Gasteiger partial charge in [-0.25, -0.2) is 9.97 Å². The van der Waals surface area contributed by atoms with Crippen LogP contribution in [-0.4, -0.2) is 16.6 Å². The zero-order valence-corrected chi connectivity index (χ0v) is 12.6. The Balaban J connectivity index is 2.09. The van der Waals surface area contributed by atoms with Gasteiger partial charge in [0.25, 0.3) is 0 Å². The Kier molecular flexibility index (Phi) is 4.74. The van der Waals surface area contributed by atoms with E-state index in [1.54, 1.807) is 0 Å². The van der Waals surface area contributed by atoms with Crippen LogP contribution < -0.4 is 10.1 Å². The number of benzene rings is 1. The van der Waals surface area contributed by atoms with Crippen molar-refractivity contribution < 1.29 is 4.74 Å². The summed E-state index contributed by atoms with van der Waals surface area (Å²) in [6.07, 6.45) is 1.52. The summed E-state index contributed by atoms with van der Waals surface area (Å²) in [6, 6.07) is 8.16. The second kappa shape index (κ2) is 6.52. The van der Waals surface area contributed by atoms with Crippen LogP contribution in [0.15, 0.2) is 35.1 Å². The molecule has 0 spiro atoms. The second-order valence-corrected chi connectivity index (χ2v) is 4.98. The van der Waals surface area contributed by atoms with Gasteiger partial charge in [-0.15, -0.1) is 0 Å². The molecule has 4 nitrogen and oxygen atoms in total. The van der Waals surface area contributed by atoms with E-state index < -0.39 is 0 Å². The third-order valence-corrected chi connectivity index (χ3v) is 3.16. The molecule has 1 aromatic carbocycles. The topological polar surface area (TPSA) is 47.0 Å². The molecule has 0 saturated carbocycles. The number of aromatic nitrogens is 2. The highest BCUT2D eigenvalue weighted by molar-refractivity contribution is 9.10. The van der Waals surface area contributed by atoms with Gasteiger partial charge in [-0.1, -0.05) is 28.1 Å². The molecule has 1 heterocycles. The van der Waals surface area contributed by atoms with Crippen LogP contribution in [0.4, 0.5) is 5.82 Å². The standard InChI is InChI=1S/C14H16BrN3O/c1-3-19-14-10(2)13(17-9-18-14)16-8-11-5-4-6-12(15)7-11/h4-7,9H,3,8H2,1-2H3,(H,16,17,18). The van der Waals surface area contributed by atoms with Crippen LogP contribution in [0.2, 0.25) is 0 Å². The number of ether oxygens (including phenoxy) is 1. The highest BCUT2D eigenvalue weighted by Gasteiger charge is 2.07. The van der Waals surface area contributed by atoms with E-state index in [2.05, 4.69) is 43.3 Å². The minimum Gasteiger partial charge on any atom is -0.478 e. The molecule has 0 bridgehead atoms. The van der Waals surface area contributed by atoms with Gasteiger partial charge < -0.3 is 10.1 Å². The number of anilines is 1. The predicted octanol–water partition coefficient (Wildman–Crippen LogP) is 3.56. The number of rotatable bonds is 5. The SMILES string of the molecule is CCOc1ncnc(NCc2cccc(Br)c2)c1C. The predicted molar refractivity (Wildman–Crippen MR) is 79.4 cm³/mol. The monoisotopic (exact) mass is 321 g/mol. The van der Waals surface area contributed by atoms with E-state index >= 15 is 0 Å². The lowest BCUT2D eigenvalue weighted by Crippen LogP contribution is -2.06. The van der Waals surface area contributed by atoms with Crippen molar-refractivity contribution in [2.75, 3.05) is 11.9 Å². The van der Waals surface area contributed by atoms with E-state index in [4.69, 9.17) is 4.74 Å². The average molecular weight is 322 g/mol. The second-order valence-electron chi connectivity index (χ2n) is 4.07. The van der Waals surface area contributed by atoms with Crippen molar-refractivity contribution in [3.8, 4) is 5.88 Å². The van der Waals surface area contributed by atoms with Gasteiger partial charge in [-0.3, -0.25) is 0 Å². The maximum absolute atomic E-state index is 5.45. The number of nitrogens with zero attached hydrogens (tertiary/aromatic N) is 2. The lowest BCUT2D eigenvalue weighted by Gasteiger charge is -2.11. The van der Waals surface area contributed by atoms with Crippen LogP contribution in [0.5, 0.6) is 5.88 Å². The first kappa shape index (κ1) is 13.8. The molecule has 5 heteroatoms. The summed E-state index contributed by atoms with van der Waals surface area (Å²) in [5.74, 6) is 1.44. The van der Waals surface area contributed by atoms with Gasteiger partial charge in [0.2, 0.25) is 5.88 Å². The number of nitrogens with one attached hydrogen (secondary N) is 1. The fourth-order valence-corrected chi connectivity index (χ4v) is 2.17. The van der Waals surface area contributed by atoms with Crippen LogP contribution in [0.1, 0.15) is 18.1 Å². The van der Waals surface area contributed by atoms with Crippen LogP contribution in [-0.2, 0) is 6.54 Å². The van der Waals surface area contributed by atoms with Crippen LogP contribution in [0, 0.1) is 6.92 Å². The highest BCUT2D eigenvalue weighted by atomic mass is 79.9. The first-order chi connectivity index (χ1) is 9.20. The minimum absolute atomic E-state index is 0.600. The van der Waals surface area contributed by atoms with Gasteiger partial charge >= 0.3 is 0 Å². The molecule has 0 aliphatic carbocycles. The summed E-state index contributed by atoms with van der Waals surface area (Å²) in [6.45, 7) is 5.20. The van der Waals surface area contributed by atoms with Crippen LogP contribution in [0.3, 0.4) is 0 Å². The molecule has 0 aliphatic rings. The summed E-state index contributed by atoms with van der Waals surface area (Å²) in [5, 5.41) is 3.30.